The molecule has 114 valence electrons. The van der Waals surface area contributed by atoms with Crippen molar-refractivity contribution < 1.29 is 9.53 Å². The fourth-order valence-corrected chi connectivity index (χ4v) is 3.39. The molecular weight excluding hydrogens is 264 g/mol. The van der Waals surface area contributed by atoms with Crippen molar-refractivity contribution in [1.82, 2.24) is 10.2 Å². The zero-order chi connectivity index (χ0) is 14.7. The minimum atomic E-state index is 0.0573. The first kappa shape index (κ1) is 14.5. The van der Waals surface area contributed by atoms with E-state index in [2.05, 4.69) is 10.2 Å². The van der Waals surface area contributed by atoms with Gasteiger partial charge < -0.3 is 10.1 Å². The van der Waals surface area contributed by atoms with Gasteiger partial charge in [0, 0.05) is 25.2 Å². The number of benzene rings is 1. The molecule has 2 bridgehead atoms. The second-order valence-electron chi connectivity index (χ2n) is 6.13. The second-order valence-corrected chi connectivity index (χ2v) is 6.13. The second kappa shape index (κ2) is 6.58. The smallest absolute Gasteiger partial charge is 0.163 e. The van der Waals surface area contributed by atoms with Crippen LogP contribution in [0.4, 0.5) is 0 Å². The highest BCUT2D eigenvalue weighted by Gasteiger charge is 2.28. The first-order chi connectivity index (χ1) is 10.2. The van der Waals surface area contributed by atoms with Crippen molar-refractivity contribution in [3.05, 3.63) is 29.8 Å². The number of para-hydroxylation sites is 1. The number of ketones is 1. The fraction of sp³-hybridized carbons (Fsp3) is 0.588. The number of nitrogens with one attached hydrogen (secondary N) is 1. The van der Waals surface area contributed by atoms with Crippen LogP contribution in [-0.2, 0) is 0 Å². The van der Waals surface area contributed by atoms with Gasteiger partial charge in [-0.25, -0.2) is 0 Å². The van der Waals surface area contributed by atoms with Gasteiger partial charge in [-0.05, 0) is 44.9 Å². The normalized spacial score (nSPS) is 25.6. The van der Waals surface area contributed by atoms with E-state index in [1.807, 2.05) is 24.3 Å². The Kier molecular flexibility index (Phi) is 4.56. The van der Waals surface area contributed by atoms with Gasteiger partial charge in [0.1, 0.15) is 12.4 Å². The minimum Gasteiger partial charge on any atom is -0.491 e. The van der Waals surface area contributed by atoms with E-state index in [0.29, 0.717) is 24.0 Å². The number of Topliss-reactive ketones (excluding diaryl/α,β-unsaturated/α-hetero) is 1. The van der Waals surface area contributed by atoms with Crippen LogP contribution in [0.15, 0.2) is 24.3 Å². The van der Waals surface area contributed by atoms with Crippen LogP contribution in [0.2, 0.25) is 0 Å². The predicted octanol–water partition coefficient (Wildman–Crippen LogP) is 2.09. The van der Waals surface area contributed by atoms with Crippen LogP contribution in [0.1, 0.15) is 36.5 Å². The highest BCUT2D eigenvalue weighted by molar-refractivity contribution is 5.96. The molecule has 2 atom stereocenters. The van der Waals surface area contributed by atoms with E-state index in [-0.39, 0.29) is 5.78 Å². The lowest BCUT2D eigenvalue weighted by Crippen LogP contribution is -2.37. The maximum atomic E-state index is 11.6. The number of ether oxygens (including phenoxy) is 1. The zero-order valence-corrected chi connectivity index (χ0v) is 12.7. The largest absolute Gasteiger partial charge is 0.491 e. The number of rotatable bonds is 5. The predicted molar refractivity (Wildman–Crippen MR) is 82.9 cm³/mol. The maximum Gasteiger partial charge on any atom is 0.163 e. The van der Waals surface area contributed by atoms with Crippen LogP contribution in [0.25, 0.3) is 0 Å². The topological polar surface area (TPSA) is 41.6 Å². The summed E-state index contributed by atoms with van der Waals surface area (Å²) in [6.07, 6.45) is 3.87. The molecular formula is C17H24N2O2. The van der Waals surface area contributed by atoms with Gasteiger partial charge in [0.25, 0.3) is 0 Å². The molecule has 1 aromatic carbocycles. The molecule has 0 amide bonds. The molecule has 4 nitrogen and oxygen atoms in total. The molecule has 1 N–H and O–H groups in total. The Morgan fingerprint density at radius 3 is 2.95 bits per heavy atom. The molecule has 1 aromatic rings. The third-order valence-electron chi connectivity index (χ3n) is 4.54. The third-order valence-corrected chi connectivity index (χ3v) is 4.54. The summed E-state index contributed by atoms with van der Waals surface area (Å²) in [5.41, 5.74) is 0.675. The summed E-state index contributed by atoms with van der Waals surface area (Å²) in [5, 5.41) is 3.69. The average molecular weight is 288 g/mol. The van der Waals surface area contributed by atoms with Gasteiger partial charge in [0.05, 0.1) is 5.56 Å². The molecule has 0 spiro atoms. The van der Waals surface area contributed by atoms with E-state index in [4.69, 9.17) is 4.74 Å². The maximum absolute atomic E-state index is 11.6. The molecule has 3 rings (SSSR count). The van der Waals surface area contributed by atoms with Gasteiger partial charge in [0.2, 0.25) is 0 Å². The number of nitrogens with zero attached hydrogens (tertiary/aromatic N) is 1. The lowest BCUT2D eigenvalue weighted by Gasteiger charge is -2.24. The summed E-state index contributed by atoms with van der Waals surface area (Å²) in [7, 11) is 0. The monoisotopic (exact) mass is 288 g/mol. The summed E-state index contributed by atoms with van der Waals surface area (Å²) >= 11 is 0. The van der Waals surface area contributed by atoms with Gasteiger partial charge >= 0.3 is 0 Å². The van der Waals surface area contributed by atoms with Crippen LogP contribution < -0.4 is 10.1 Å². The summed E-state index contributed by atoms with van der Waals surface area (Å²) in [4.78, 5) is 14.0. The van der Waals surface area contributed by atoms with Crippen LogP contribution in [0.5, 0.6) is 5.75 Å². The van der Waals surface area contributed by atoms with E-state index in [1.165, 1.54) is 19.3 Å². The van der Waals surface area contributed by atoms with Crippen molar-refractivity contribution in [2.75, 3.05) is 26.2 Å². The van der Waals surface area contributed by atoms with Crippen LogP contribution in [0.3, 0.4) is 0 Å². The van der Waals surface area contributed by atoms with E-state index < -0.39 is 0 Å². The van der Waals surface area contributed by atoms with Gasteiger partial charge in [-0.3, -0.25) is 9.69 Å². The molecule has 2 aliphatic rings. The van der Waals surface area contributed by atoms with Crippen molar-refractivity contribution in [3.63, 3.8) is 0 Å². The molecule has 0 saturated carbocycles. The van der Waals surface area contributed by atoms with Crippen LogP contribution >= 0.6 is 0 Å². The standard InChI is InChI=1S/C17H24N2O2/c1-13(20)16-4-2-3-5-17(16)21-11-10-19-9-8-14-6-7-15(12-19)18-14/h2-5,14-15,18H,6-12H2,1H3. The molecule has 0 aromatic heterocycles. The molecule has 2 aliphatic heterocycles. The van der Waals surface area contributed by atoms with E-state index >= 15 is 0 Å². The van der Waals surface area contributed by atoms with Crippen molar-refractivity contribution in [1.29, 1.82) is 0 Å². The Balaban J connectivity index is 1.51. The third kappa shape index (κ3) is 3.63. The number of carbonyl (C=O) groups excluding carboxylic acids is 1. The molecule has 4 heteroatoms. The van der Waals surface area contributed by atoms with Gasteiger partial charge in [-0.2, -0.15) is 0 Å². The molecule has 2 heterocycles. The Hall–Kier alpha value is -1.39. The molecule has 0 radical (unpaired) electrons. The minimum absolute atomic E-state index is 0.0573. The SMILES string of the molecule is CC(=O)c1ccccc1OCCN1CCC2CCC(C1)N2. The average Bonchev–Trinajstić information content (AvgIpc) is 2.81. The Labute approximate surface area is 126 Å². The zero-order valence-electron chi connectivity index (χ0n) is 12.7. The van der Waals surface area contributed by atoms with Gasteiger partial charge in [-0.15, -0.1) is 0 Å². The fourth-order valence-electron chi connectivity index (χ4n) is 3.39. The summed E-state index contributed by atoms with van der Waals surface area (Å²) in [5.74, 6) is 0.765. The number of fused-ring (bicyclic) bond motifs is 2. The number of carbonyl (C=O) groups is 1. The Bertz CT molecular complexity index is 503. The summed E-state index contributed by atoms with van der Waals surface area (Å²) in [6, 6.07) is 8.87. The lowest BCUT2D eigenvalue weighted by molar-refractivity contribution is 0.101. The summed E-state index contributed by atoms with van der Waals surface area (Å²) in [6.45, 7) is 5.41. The number of hydrogen-bond acceptors (Lipinski definition) is 4. The quantitative estimate of drug-likeness (QED) is 0.843. The first-order valence-corrected chi connectivity index (χ1v) is 7.93. The van der Waals surface area contributed by atoms with Crippen LogP contribution in [-0.4, -0.2) is 49.0 Å². The van der Waals surface area contributed by atoms with Gasteiger partial charge in [-0.1, -0.05) is 12.1 Å². The Morgan fingerprint density at radius 1 is 1.29 bits per heavy atom. The molecule has 21 heavy (non-hydrogen) atoms. The number of hydrogen-bond donors (Lipinski definition) is 1. The molecule has 2 unspecified atom stereocenters. The van der Waals surface area contributed by atoms with E-state index in [0.717, 1.165) is 25.7 Å². The van der Waals surface area contributed by atoms with Crippen molar-refractivity contribution in [2.45, 2.75) is 38.3 Å². The molecule has 2 fully saturated rings. The van der Waals surface area contributed by atoms with E-state index in [1.54, 1.807) is 6.92 Å². The van der Waals surface area contributed by atoms with Crippen molar-refractivity contribution >= 4 is 5.78 Å². The Morgan fingerprint density at radius 2 is 2.10 bits per heavy atom. The summed E-state index contributed by atoms with van der Waals surface area (Å²) < 4.78 is 5.84. The van der Waals surface area contributed by atoms with Gasteiger partial charge in [0.15, 0.2) is 5.78 Å². The molecule has 2 saturated heterocycles. The molecule has 0 aliphatic carbocycles. The lowest BCUT2D eigenvalue weighted by atomic mass is 10.1. The first-order valence-electron chi connectivity index (χ1n) is 7.93. The van der Waals surface area contributed by atoms with Crippen molar-refractivity contribution in [2.24, 2.45) is 0 Å². The highest BCUT2D eigenvalue weighted by Crippen LogP contribution is 2.21. The number of likely N-dealkylation sites (tertiary alicyclic amines) is 1. The van der Waals surface area contributed by atoms with Crippen molar-refractivity contribution in [3.8, 4) is 5.75 Å². The van der Waals surface area contributed by atoms with E-state index in [9.17, 15) is 4.79 Å². The highest BCUT2D eigenvalue weighted by atomic mass is 16.5. The van der Waals surface area contributed by atoms with Crippen LogP contribution in [0, 0.1) is 0 Å².